The first-order valence-electron chi connectivity index (χ1n) is 9.05. The van der Waals surface area contributed by atoms with E-state index in [1.807, 2.05) is 0 Å². The lowest BCUT2D eigenvalue weighted by atomic mass is 10.0. The minimum absolute atomic E-state index is 0.107. The standard InChI is InChI=1S/C20H20Cl2N4O5/c1-11(2)18(24-19(27)13-5-6-14(21)15(22)9-13)20(28)25-23-10-12-4-7-17(31-3)16(8-12)26(29)30/h4-11,18H,1-3H3,(H,24,27)(H,25,28)/b23-10-. The van der Waals surface area contributed by atoms with Crippen LogP contribution in [0.15, 0.2) is 41.5 Å². The van der Waals surface area contributed by atoms with Gasteiger partial charge in [0.1, 0.15) is 6.04 Å². The number of nitro groups is 1. The molecule has 0 heterocycles. The summed E-state index contributed by atoms with van der Waals surface area (Å²) in [6.45, 7) is 3.52. The molecule has 0 bridgehead atoms. The Kier molecular flexibility index (Phi) is 8.35. The lowest BCUT2D eigenvalue weighted by Crippen LogP contribution is -2.48. The number of amides is 2. The molecule has 0 radical (unpaired) electrons. The van der Waals surface area contributed by atoms with Crippen molar-refractivity contribution in [2.24, 2.45) is 11.0 Å². The van der Waals surface area contributed by atoms with Crippen molar-refractivity contribution in [2.45, 2.75) is 19.9 Å². The van der Waals surface area contributed by atoms with Crippen molar-refractivity contribution >= 4 is 46.9 Å². The van der Waals surface area contributed by atoms with Gasteiger partial charge in [0.2, 0.25) is 0 Å². The highest BCUT2D eigenvalue weighted by atomic mass is 35.5. The molecule has 164 valence electrons. The van der Waals surface area contributed by atoms with Crippen LogP contribution < -0.4 is 15.5 Å². The Morgan fingerprint density at radius 1 is 1.16 bits per heavy atom. The summed E-state index contributed by atoms with van der Waals surface area (Å²) in [7, 11) is 1.33. The van der Waals surface area contributed by atoms with Crippen molar-refractivity contribution < 1.29 is 19.2 Å². The van der Waals surface area contributed by atoms with Crippen molar-refractivity contribution in [3.05, 3.63) is 67.7 Å². The van der Waals surface area contributed by atoms with Crippen LogP contribution in [0.1, 0.15) is 29.8 Å². The largest absolute Gasteiger partial charge is 0.490 e. The van der Waals surface area contributed by atoms with E-state index in [9.17, 15) is 19.7 Å². The summed E-state index contributed by atoms with van der Waals surface area (Å²) in [5.74, 6) is -1.19. The lowest BCUT2D eigenvalue weighted by Gasteiger charge is -2.20. The zero-order chi connectivity index (χ0) is 23.1. The van der Waals surface area contributed by atoms with Crippen molar-refractivity contribution in [2.75, 3.05) is 7.11 Å². The molecule has 2 aromatic carbocycles. The fourth-order valence-electron chi connectivity index (χ4n) is 2.57. The maximum Gasteiger partial charge on any atom is 0.311 e. The number of nitrogens with zero attached hydrogens (tertiary/aromatic N) is 2. The maximum absolute atomic E-state index is 12.5. The molecule has 1 atom stereocenters. The summed E-state index contributed by atoms with van der Waals surface area (Å²) in [6.07, 6.45) is 1.25. The van der Waals surface area contributed by atoms with Gasteiger partial charge in [0.15, 0.2) is 5.75 Å². The van der Waals surface area contributed by atoms with Gasteiger partial charge in [0, 0.05) is 17.2 Å². The second kappa shape index (κ2) is 10.7. The van der Waals surface area contributed by atoms with Gasteiger partial charge < -0.3 is 10.1 Å². The molecule has 11 heteroatoms. The fraction of sp³-hybridized carbons (Fsp3) is 0.250. The molecule has 2 aromatic rings. The van der Waals surface area contributed by atoms with Crippen molar-refractivity contribution in [1.29, 1.82) is 0 Å². The Labute approximate surface area is 188 Å². The van der Waals surface area contributed by atoms with Crippen LogP contribution in [-0.4, -0.2) is 36.1 Å². The van der Waals surface area contributed by atoms with E-state index in [0.29, 0.717) is 10.6 Å². The van der Waals surface area contributed by atoms with Crippen molar-refractivity contribution in [3.63, 3.8) is 0 Å². The normalized spacial score (nSPS) is 11.9. The molecule has 31 heavy (non-hydrogen) atoms. The van der Waals surface area contributed by atoms with Crippen LogP contribution in [0.2, 0.25) is 10.0 Å². The van der Waals surface area contributed by atoms with E-state index in [1.165, 1.54) is 43.7 Å². The van der Waals surface area contributed by atoms with Crippen LogP contribution in [0.4, 0.5) is 5.69 Å². The van der Waals surface area contributed by atoms with E-state index in [0.717, 1.165) is 0 Å². The Morgan fingerprint density at radius 2 is 1.87 bits per heavy atom. The quantitative estimate of drug-likeness (QED) is 0.347. The molecule has 0 fully saturated rings. The summed E-state index contributed by atoms with van der Waals surface area (Å²) in [5, 5.41) is 18.1. The number of halogens is 2. The third-order valence-corrected chi connectivity index (χ3v) is 4.94. The molecule has 2 N–H and O–H groups in total. The number of hydrogen-bond acceptors (Lipinski definition) is 6. The minimum Gasteiger partial charge on any atom is -0.490 e. The van der Waals surface area contributed by atoms with Crippen LogP contribution >= 0.6 is 23.2 Å². The third kappa shape index (κ3) is 6.40. The lowest BCUT2D eigenvalue weighted by molar-refractivity contribution is -0.385. The number of nitrogens with one attached hydrogen (secondary N) is 2. The molecule has 2 rings (SSSR count). The second-order valence-corrected chi connectivity index (χ2v) is 7.56. The molecule has 0 aliphatic heterocycles. The van der Waals surface area contributed by atoms with Gasteiger partial charge in [0.25, 0.3) is 11.8 Å². The van der Waals surface area contributed by atoms with Crippen molar-refractivity contribution in [1.82, 2.24) is 10.7 Å². The van der Waals surface area contributed by atoms with E-state index in [2.05, 4.69) is 15.8 Å². The molecular weight excluding hydrogens is 447 g/mol. The number of carbonyl (C=O) groups excluding carboxylic acids is 2. The van der Waals surface area contributed by atoms with E-state index in [4.69, 9.17) is 27.9 Å². The van der Waals surface area contributed by atoms with Gasteiger partial charge >= 0.3 is 5.69 Å². The average Bonchev–Trinajstić information content (AvgIpc) is 2.73. The molecule has 0 aliphatic rings. The van der Waals surface area contributed by atoms with Gasteiger partial charge in [-0.3, -0.25) is 19.7 Å². The highest BCUT2D eigenvalue weighted by Crippen LogP contribution is 2.27. The Morgan fingerprint density at radius 3 is 2.45 bits per heavy atom. The van der Waals surface area contributed by atoms with Crippen LogP contribution in [0, 0.1) is 16.0 Å². The first-order chi connectivity index (χ1) is 14.6. The predicted octanol–water partition coefficient (Wildman–Crippen LogP) is 3.81. The van der Waals surface area contributed by atoms with Gasteiger partial charge in [-0.1, -0.05) is 37.0 Å². The van der Waals surface area contributed by atoms with Crippen LogP contribution in [-0.2, 0) is 4.79 Å². The Bertz CT molecular complexity index is 1030. The number of rotatable bonds is 8. The zero-order valence-corrected chi connectivity index (χ0v) is 18.4. The first kappa shape index (κ1) is 24.1. The first-order valence-corrected chi connectivity index (χ1v) is 9.81. The minimum atomic E-state index is -0.885. The Hall–Kier alpha value is -3.17. The van der Waals surface area contributed by atoms with Crippen molar-refractivity contribution in [3.8, 4) is 5.75 Å². The monoisotopic (exact) mass is 466 g/mol. The van der Waals surface area contributed by atoms with E-state index in [1.54, 1.807) is 19.9 Å². The summed E-state index contributed by atoms with van der Waals surface area (Å²) < 4.78 is 4.94. The number of methoxy groups -OCH3 is 1. The number of nitro benzene ring substituents is 1. The Balaban J connectivity index is 2.09. The maximum atomic E-state index is 12.5. The SMILES string of the molecule is COc1ccc(/C=N\NC(=O)C(NC(=O)c2ccc(Cl)c(Cl)c2)C(C)C)cc1[N+](=O)[O-]. The van der Waals surface area contributed by atoms with Gasteiger partial charge in [-0.2, -0.15) is 5.10 Å². The summed E-state index contributed by atoms with van der Waals surface area (Å²) in [6, 6.07) is 7.74. The van der Waals surface area contributed by atoms with Crippen LogP contribution in [0.3, 0.4) is 0 Å². The van der Waals surface area contributed by atoms with Gasteiger partial charge in [-0.15, -0.1) is 0 Å². The van der Waals surface area contributed by atoms with Gasteiger partial charge in [-0.05, 0) is 36.2 Å². The van der Waals surface area contributed by atoms with E-state index in [-0.39, 0.29) is 27.9 Å². The smallest absolute Gasteiger partial charge is 0.311 e. The molecule has 0 saturated carbocycles. The number of carbonyl (C=O) groups is 2. The number of ether oxygens (including phenoxy) is 1. The van der Waals surface area contributed by atoms with Gasteiger partial charge in [-0.25, -0.2) is 5.43 Å². The summed E-state index contributed by atoms with van der Waals surface area (Å²) in [5.41, 5.74) is 2.74. The number of hydrazone groups is 1. The number of benzene rings is 2. The predicted molar refractivity (Wildman–Crippen MR) is 118 cm³/mol. The molecule has 0 saturated heterocycles. The molecular formula is C20H20Cl2N4O5. The molecule has 0 spiro atoms. The molecule has 0 aliphatic carbocycles. The second-order valence-electron chi connectivity index (χ2n) is 6.75. The topological polar surface area (TPSA) is 123 Å². The highest BCUT2D eigenvalue weighted by molar-refractivity contribution is 6.42. The number of hydrogen-bond donors (Lipinski definition) is 2. The van der Waals surface area contributed by atoms with Gasteiger partial charge in [0.05, 0.1) is 28.3 Å². The third-order valence-electron chi connectivity index (χ3n) is 4.21. The zero-order valence-electron chi connectivity index (χ0n) is 16.9. The summed E-state index contributed by atoms with van der Waals surface area (Å²) >= 11 is 11.8. The van der Waals surface area contributed by atoms with Crippen LogP contribution in [0.25, 0.3) is 0 Å². The average molecular weight is 467 g/mol. The molecule has 1 unspecified atom stereocenters. The fourth-order valence-corrected chi connectivity index (χ4v) is 2.86. The van der Waals surface area contributed by atoms with E-state index >= 15 is 0 Å². The molecule has 9 nitrogen and oxygen atoms in total. The summed E-state index contributed by atoms with van der Waals surface area (Å²) in [4.78, 5) is 35.5. The molecule has 0 aromatic heterocycles. The molecule has 2 amide bonds. The highest BCUT2D eigenvalue weighted by Gasteiger charge is 2.25. The van der Waals surface area contributed by atoms with E-state index < -0.39 is 22.8 Å². The van der Waals surface area contributed by atoms with Crippen LogP contribution in [0.5, 0.6) is 5.75 Å².